The molecule has 0 aromatic heterocycles. The van der Waals surface area contributed by atoms with Crippen molar-refractivity contribution in [3.63, 3.8) is 0 Å². The van der Waals surface area contributed by atoms with Crippen molar-refractivity contribution in [2.75, 3.05) is 11.5 Å². The molecule has 2 aromatic rings. The molecule has 4 N–H and O–H groups in total. The highest BCUT2D eigenvalue weighted by molar-refractivity contribution is 5.44. The second-order valence-corrected chi connectivity index (χ2v) is 13.7. The molecule has 2 fully saturated rings. The Bertz CT molecular complexity index is 1400. The van der Waals surface area contributed by atoms with Gasteiger partial charge in [-0.3, -0.25) is 0 Å². The maximum Gasteiger partial charge on any atom is 0.322 e. The molecular weight excluding hydrogens is 660 g/mol. The van der Waals surface area contributed by atoms with Crippen molar-refractivity contribution < 1.29 is 62.2 Å². The van der Waals surface area contributed by atoms with Crippen LogP contribution in [0.2, 0.25) is 0 Å². The highest BCUT2D eigenvalue weighted by Gasteiger charge is 2.94. The number of hydrogen-bond acceptors (Lipinski definition) is 4. The molecule has 0 amide bonds. The highest BCUT2D eigenvalue weighted by Crippen LogP contribution is 2.74. The lowest BCUT2D eigenvalue weighted by atomic mass is 9.48. The SMILES string of the molecule is CC1(F)CC(F)(C(C)(C)C2(F)CC(C)(F)C(F)(Oc3ccc(N)cc3)C(C)(F)C2(F)F)C(F)(F)C(C)(F)C1(F)Oc1ccc(N)cc1. The van der Waals surface area contributed by atoms with Gasteiger partial charge < -0.3 is 20.9 Å². The Kier molecular flexibility index (Phi) is 7.74. The molecule has 8 unspecified atom stereocenters. The van der Waals surface area contributed by atoms with E-state index in [9.17, 15) is 0 Å². The zero-order valence-electron chi connectivity index (χ0n) is 26.0. The molecule has 16 heteroatoms. The summed E-state index contributed by atoms with van der Waals surface area (Å²) in [6.07, 6.45) is -5.16. The molecule has 4 nitrogen and oxygen atoms in total. The third-order valence-electron chi connectivity index (χ3n) is 10.1. The first-order chi connectivity index (χ1) is 20.9. The number of nitrogen functional groups attached to an aromatic ring is 2. The maximum atomic E-state index is 17.1. The average Bonchev–Trinajstić information content (AvgIpc) is 2.92. The molecule has 4 rings (SSSR count). The number of benzene rings is 2. The van der Waals surface area contributed by atoms with E-state index >= 15 is 52.7 Å². The van der Waals surface area contributed by atoms with Crippen molar-refractivity contribution in [2.45, 2.75) is 112 Å². The smallest absolute Gasteiger partial charge is 0.322 e. The first-order valence-corrected chi connectivity index (χ1v) is 14.2. The van der Waals surface area contributed by atoms with E-state index in [0.717, 1.165) is 48.5 Å². The number of nitrogens with two attached hydrogens (primary N) is 2. The fourth-order valence-electron chi connectivity index (χ4n) is 6.83. The molecule has 0 radical (unpaired) electrons. The minimum Gasteiger partial charge on any atom is -0.452 e. The Balaban J connectivity index is 1.87. The number of hydrogen-bond donors (Lipinski definition) is 2. The van der Waals surface area contributed by atoms with Crippen molar-refractivity contribution in [1.82, 2.24) is 0 Å². The van der Waals surface area contributed by atoms with Crippen molar-refractivity contribution in [3.8, 4) is 11.5 Å². The van der Waals surface area contributed by atoms with Gasteiger partial charge in [0.2, 0.25) is 11.3 Å². The Morgan fingerprint density at radius 1 is 0.511 bits per heavy atom. The van der Waals surface area contributed by atoms with Gasteiger partial charge >= 0.3 is 23.6 Å². The third-order valence-corrected chi connectivity index (χ3v) is 10.1. The lowest BCUT2D eigenvalue weighted by molar-refractivity contribution is -0.423. The fourth-order valence-corrected chi connectivity index (χ4v) is 6.83. The lowest BCUT2D eigenvalue weighted by Crippen LogP contribution is -2.86. The average molecular weight is 695 g/mol. The molecule has 47 heavy (non-hydrogen) atoms. The minimum atomic E-state index is -5.98. The van der Waals surface area contributed by atoms with Gasteiger partial charge in [-0.15, -0.1) is 0 Å². The molecule has 2 saturated carbocycles. The van der Waals surface area contributed by atoms with Gasteiger partial charge in [0.05, 0.1) is 0 Å². The maximum absolute atomic E-state index is 17.1. The first kappa shape index (κ1) is 36.6. The van der Waals surface area contributed by atoms with E-state index in [-0.39, 0.29) is 52.9 Å². The second kappa shape index (κ2) is 9.93. The summed E-state index contributed by atoms with van der Waals surface area (Å²) in [6.45, 7) is -0.576. The van der Waals surface area contributed by atoms with Crippen LogP contribution >= 0.6 is 0 Å². The summed E-state index contributed by atoms with van der Waals surface area (Å²) in [6, 6.07) is 7.49. The number of ether oxygens (including phenoxy) is 2. The fraction of sp³-hybridized carbons (Fsp3) is 0.613. The number of rotatable bonds is 6. The number of alkyl halides is 12. The molecule has 264 valence electrons. The quantitative estimate of drug-likeness (QED) is 0.234. The van der Waals surface area contributed by atoms with Gasteiger partial charge in [-0.1, -0.05) is 13.8 Å². The predicted octanol–water partition coefficient (Wildman–Crippen LogP) is 9.07. The molecule has 2 aliphatic rings. The van der Waals surface area contributed by atoms with Gasteiger partial charge in [-0.2, -0.15) is 26.3 Å². The van der Waals surface area contributed by atoms with E-state index in [0.29, 0.717) is 0 Å². The van der Waals surface area contributed by atoms with Crippen molar-refractivity contribution in [2.24, 2.45) is 5.41 Å². The summed E-state index contributed by atoms with van der Waals surface area (Å²) in [5.41, 5.74) is -22.3. The molecule has 2 aromatic carbocycles. The molecule has 8 atom stereocenters. The summed E-state index contributed by atoms with van der Waals surface area (Å²) in [5, 5.41) is 0. The van der Waals surface area contributed by atoms with Crippen LogP contribution in [0.3, 0.4) is 0 Å². The number of halogens is 12. The van der Waals surface area contributed by atoms with Crippen LogP contribution in [0.5, 0.6) is 11.5 Å². The first-order valence-electron chi connectivity index (χ1n) is 14.2. The Hall–Kier alpha value is -3.20. The van der Waals surface area contributed by atoms with Crippen LogP contribution in [0.1, 0.15) is 54.4 Å². The van der Waals surface area contributed by atoms with Gasteiger partial charge in [-0.05, 0) is 76.2 Å². The molecule has 0 spiro atoms. The summed E-state index contributed by atoms with van der Waals surface area (Å²) < 4.78 is 206. The molecule has 0 heterocycles. The van der Waals surface area contributed by atoms with Crippen LogP contribution < -0.4 is 20.9 Å². The van der Waals surface area contributed by atoms with Crippen LogP contribution in [-0.4, -0.2) is 57.6 Å². The monoisotopic (exact) mass is 694 g/mol. The Morgan fingerprint density at radius 3 is 1.02 bits per heavy atom. The Morgan fingerprint density at radius 2 is 0.766 bits per heavy atom. The van der Waals surface area contributed by atoms with E-state index in [1.807, 2.05) is 0 Å². The van der Waals surface area contributed by atoms with Crippen LogP contribution in [0, 0.1) is 5.41 Å². The van der Waals surface area contributed by atoms with Crippen LogP contribution in [0.4, 0.5) is 64.1 Å². The van der Waals surface area contributed by atoms with Gasteiger partial charge in [0.1, 0.15) is 11.5 Å². The highest BCUT2D eigenvalue weighted by atomic mass is 19.3. The second-order valence-electron chi connectivity index (χ2n) is 13.7. The van der Waals surface area contributed by atoms with E-state index in [2.05, 4.69) is 9.47 Å². The van der Waals surface area contributed by atoms with Crippen molar-refractivity contribution in [1.29, 1.82) is 0 Å². The molecular formula is C31H34F12N2O2. The van der Waals surface area contributed by atoms with E-state index in [1.54, 1.807) is 0 Å². The summed E-state index contributed by atoms with van der Waals surface area (Å²) in [5.74, 6) is -23.0. The third kappa shape index (κ3) is 4.29. The molecule has 0 saturated heterocycles. The standard InChI is InChI=1S/C31H34F12N2O2/c1-21(2,26(36)15-22(3,32)30(42,24(5,34)28(26,38)39)46-19-11-7-17(44)8-12-19)27(37)16-23(4,33)31(43,25(6,35)29(27,40)41)47-20-13-9-18(45)10-14-20/h7-14H,15-16,44-45H2,1-6H3. The largest absolute Gasteiger partial charge is 0.452 e. The van der Waals surface area contributed by atoms with E-state index in [4.69, 9.17) is 11.5 Å². The lowest BCUT2D eigenvalue weighted by Gasteiger charge is -2.65. The Labute approximate surface area is 262 Å². The molecule has 0 aliphatic heterocycles. The number of anilines is 2. The molecule has 0 bridgehead atoms. The van der Waals surface area contributed by atoms with Crippen LogP contribution in [0.15, 0.2) is 48.5 Å². The zero-order valence-corrected chi connectivity index (χ0v) is 26.0. The summed E-state index contributed by atoms with van der Waals surface area (Å²) in [4.78, 5) is 0. The van der Waals surface area contributed by atoms with Crippen LogP contribution in [0.25, 0.3) is 0 Å². The van der Waals surface area contributed by atoms with Gasteiger partial charge in [0.25, 0.3) is 0 Å². The summed E-state index contributed by atoms with van der Waals surface area (Å²) >= 11 is 0. The van der Waals surface area contributed by atoms with Crippen molar-refractivity contribution >= 4 is 11.4 Å². The van der Waals surface area contributed by atoms with Crippen LogP contribution in [-0.2, 0) is 0 Å². The topological polar surface area (TPSA) is 70.5 Å². The zero-order chi connectivity index (χ0) is 36.3. The van der Waals surface area contributed by atoms with Crippen molar-refractivity contribution in [3.05, 3.63) is 48.5 Å². The van der Waals surface area contributed by atoms with E-state index in [1.165, 1.54) is 0 Å². The normalized spacial score (nSPS) is 43.3. The van der Waals surface area contributed by atoms with Gasteiger partial charge in [0.15, 0.2) is 22.7 Å². The molecule has 2 aliphatic carbocycles. The van der Waals surface area contributed by atoms with Gasteiger partial charge in [0, 0.05) is 29.6 Å². The minimum absolute atomic E-state index is 0.0226. The summed E-state index contributed by atoms with van der Waals surface area (Å²) in [7, 11) is 0. The van der Waals surface area contributed by atoms with Gasteiger partial charge in [-0.25, -0.2) is 26.3 Å². The predicted molar refractivity (Wildman–Crippen MR) is 149 cm³/mol. The van der Waals surface area contributed by atoms with E-state index < -0.39 is 87.3 Å².